The molecule has 18 heavy (non-hydrogen) atoms. The predicted molar refractivity (Wildman–Crippen MR) is 79.8 cm³/mol. The predicted octanol–water partition coefficient (Wildman–Crippen LogP) is 1.91. The summed E-state index contributed by atoms with van der Waals surface area (Å²) in [6, 6.07) is 0. The lowest BCUT2D eigenvalue weighted by Gasteiger charge is -2.25. The molecule has 0 unspecified atom stereocenters. The third-order valence-electron chi connectivity index (χ3n) is 2.46. The Morgan fingerprint density at radius 2 is 1.94 bits per heavy atom. The van der Waals surface area contributed by atoms with Crippen molar-refractivity contribution in [3.05, 3.63) is 0 Å². The van der Waals surface area contributed by atoms with Crippen molar-refractivity contribution in [3.8, 4) is 0 Å². The van der Waals surface area contributed by atoms with Crippen molar-refractivity contribution in [2.24, 2.45) is 5.41 Å². The van der Waals surface area contributed by atoms with Gasteiger partial charge in [0.2, 0.25) is 0 Å². The molecule has 0 amide bonds. The molecular formula is C12H23NO3S2. The summed E-state index contributed by atoms with van der Waals surface area (Å²) in [5, 5.41) is 8.63. The lowest BCUT2D eigenvalue weighted by molar-refractivity contribution is -0.153. The third kappa shape index (κ3) is 6.02. The van der Waals surface area contributed by atoms with Crippen molar-refractivity contribution in [2.45, 2.75) is 27.7 Å². The molecule has 0 aliphatic heterocycles. The number of aliphatic hydroxyl groups is 1. The number of carbonyl (C=O) groups excluding carboxylic acids is 1. The highest BCUT2D eigenvalue weighted by atomic mass is 32.2. The number of hydrogen-bond donors (Lipinski definition) is 1. The molecule has 0 saturated carbocycles. The van der Waals surface area contributed by atoms with E-state index < -0.39 is 5.41 Å². The van der Waals surface area contributed by atoms with E-state index in [1.807, 2.05) is 13.8 Å². The van der Waals surface area contributed by atoms with Crippen LogP contribution in [0.2, 0.25) is 0 Å². The van der Waals surface area contributed by atoms with E-state index in [0.29, 0.717) is 5.75 Å². The molecule has 0 atom stereocenters. The molecular weight excluding hydrogens is 270 g/mol. The topological polar surface area (TPSA) is 49.8 Å². The van der Waals surface area contributed by atoms with Crippen LogP contribution < -0.4 is 0 Å². The van der Waals surface area contributed by atoms with E-state index in [0.717, 1.165) is 17.4 Å². The van der Waals surface area contributed by atoms with Gasteiger partial charge in [-0.25, -0.2) is 0 Å². The molecule has 0 aromatic rings. The largest absolute Gasteiger partial charge is 0.463 e. The molecule has 0 fully saturated rings. The van der Waals surface area contributed by atoms with Crippen LogP contribution in [0, 0.1) is 5.41 Å². The second-order valence-corrected chi connectivity index (χ2v) is 6.08. The number of nitrogens with zero attached hydrogens (tertiary/aromatic N) is 1. The Morgan fingerprint density at radius 1 is 1.39 bits per heavy atom. The SMILES string of the molecule is CCN(CC)C(=S)SCC(C)(C)C(=O)OCCO. The molecule has 0 radical (unpaired) electrons. The molecule has 6 heteroatoms. The average molecular weight is 293 g/mol. The number of aliphatic hydroxyl groups excluding tert-OH is 1. The van der Waals surface area contributed by atoms with Gasteiger partial charge in [-0.3, -0.25) is 4.79 Å². The first-order valence-corrected chi connectivity index (χ1v) is 7.48. The molecule has 0 saturated heterocycles. The average Bonchev–Trinajstić information content (AvgIpc) is 2.35. The maximum Gasteiger partial charge on any atom is 0.312 e. The highest BCUT2D eigenvalue weighted by Gasteiger charge is 2.30. The van der Waals surface area contributed by atoms with Gasteiger partial charge >= 0.3 is 5.97 Å². The number of thioether (sulfide) groups is 1. The molecule has 0 heterocycles. The Morgan fingerprint density at radius 3 is 2.39 bits per heavy atom. The van der Waals surface area contributed by atoms with Crippen LogP contribution in [0.15, 0.2) is 0 Å². The summed E-state index contributed by atoms with van der Waals surface area (Å²) in [6.45, 7) is 9.40. The molecule has 0 rings (SSSR count). The summed E-state index contributed by atoms with van der Waals surface area (Å²) in [5.74, 6) is 0.276. The molecule has 0 aromatic carbocycles. The zero-order valence-electron chi connectivity index (χ0n) is 11.6. The Kier molecular flexibility index (Phi) is 8.56. The summed E-state index contributed by atoms with van der Waals surface area (Å²) in [4.78, 5) is 13.8. The fraction of sp³-hybridized carbons (Fsp3) is 0.833. The normalized spacial score (nSPS) is 11.2. The van der Waals surface area contributed by atoms with Crippen molar-refractivity contribution in [1.82, 2.24) is 4.90 Å². The first kappa shape index (κ1) is 17.7. The molecule has 1 N–H and O–H groups in total. The lowest BCUT2D eigenvalue weighted by Crippen LogP contribution is -2.33. The zero-order valence-corrected chi connectivity index (χ0v) is 13.2. The van der Waals surface area contributed by atoms with Crippen LogP contribution in [-0.2, 0) is 9.53 Å². The second-order valence-electron chi connectivity index (χ2n) is 4.47. The van der Waals surface area contributed by atoms with Gasteiger partial charge < -0.3 is 14.7 Å². The maximum atomic E-state index is 11.7. The minimum absolute atomic E-state index is 0.0490. The lowest BCUT2D eigenvalue weighted by atomic mass is 9.97. The molecule has 0 bridgehead atoms. The Balaban J connectivity index is 4.24. The smallest absolute Gasteiger partial charge is 0.312 e. The van der Waals surface area contributed by atoms with Gasteiger partial charge in [-0.05, 0) is 27.7 Å². The van der Waals surface area contributed by atoms with E-state index in [4.69, 9.17) is 22.1 Å². The van der Waals surface area contributed by atoms with Crippen molar-refractivity contribution in [1.29, 1.82) is 0 Å². The van der Waals surface area contributed by atoms with Crippen LogP contribution >= 0.6 is 24.0 Å². The number of thiocarbonyl (C=S) groups is 1. The van der Waals surface area contributed by atoms with E-state index in [9.17, 15) is 4.79 Å². The van der Waals surface area contributed by atoms with Gasteiger partial charge in [0, 0.05) is 18.8 Å². The first-order chi connectivity index (χ1) is 8.38. The van der Waals surface area contributed by atoms with Crippen LogP contribution in [0.25, 0.3) is 0 Å². The molecule has 0 aromatic heterocycles. The van der Waals surface area contributed by atoms with Gasteiger partial charge in [0.05, 0.1) is 12.0 Å². The van der Waals surface area contributed by atoms with E-state index in [1.165, 1.54) is 11.8 Å². The van der Waals surface area contributed by atoms with Crippen LogP contribution in [0.4, 0.5) is 0 Å². The van der Waals surface area contributed by atoms with Gasteiger partial charge in [-0.15, -0.1) is 0 Å². The summed E-state index contributed by atoms with van der Waals surface area (Å²) in [7, 11) is 0. The van der Waals surface area contributed by atoms with Crippen molar-refractivity contribution in [2.75, 3.05) is 32.1 Å². The first-order valence-electron chi connectivity index (χ1n) is 6.08. The van der Waals surface area contributed by atoms with Crippen LogP contribution in [0.1, 0.15) is 27.7 Å². The number of rotatable bonds is 7. The Bertz CT molecular complexity index is 278. The molecule has 0 spiro atoms. The summed E-state index contributed by atoms with van der Waals surface area (Å²) < 4.78 is 5.75. The Labute approximate surface area is 119 Å². The van der Waals surface area contributed by atoms with Crippen molar-refractivity contribution >= 4 is 34.3 Å². The zero-order chi connectivity index (χ0) is 14.2. The quantitative estimate of drug-likeness (QED) is 0.571. The monoisotopic (exact) mass is 293 g/mol. The standard InChI is InChI=1S/C12H23NO3S2/c1-5-13(6-2)11(17)18-9-12(3,4)10(15)16-8-7-14/h14H,5-9H2,1-4H3. The van der Waals surface area contributed by atoms with Gasteiger partial charge in [0.15, 0.2) is 0 Å². The van der Waals surface area contributed by atoms with E-state index in [-0.39, 0.29) is 19.2 Å². The minimum atomic E-state index is -0.600. The van der Waals surface area contributed by atoms with E-state index in [2.05, 4.69) is 18.7 Å². The van der Waals surface area contributed by atoms with Gasteiger partial charge in [-0.2, -0.15) is 0 Å². The summed E-state index contributed by atoms with van der Waals surface area (Å²) in [6.07, 6.45) is 0. The van der Waals surface area contributed by atoms with Gasteiger partial charge in [0.1, 0.15) is 10.9 Å². The fourth-order valence-electron chi connectivity index (χ4n) is 1.21. The van der Waals surface area contributed by atoms with Gasteiger partial charge in [0.25, 0.3) is 0 Å². The maximum absolute atomic E-state index is 11.7. The second kappa shape index (κ2) is 8.72. The summed E-state index contributed by atoms with van der Waals surface area (Å²) in [5.41, 5.74) is -0.600. The Hall–Kier alpha value is -0.330. The molecule has 106 valence electrons. The van der Waals surface area contributed by atoms with Crippen LogP contribution in [0.3, 0.4) is 0 Å². The number of esters is 1. The van der Waals surface area contributed by atoms with Crippen molar-refractivity contribution in [3.63, 3.8) is 0 Å². The van der Waals surface area contributed by atoms with E-state index >= 15 is 0 Å². The molecule has 4 nitrogen and oxygen atoms in total. The summed E-state index contributed by atoms with van der Waals surface area (Å²) >= 11 is 6.81. The van der Waals surface area contributed by atoms with Gasteiger partial charge in [-0.1, -0.05) is 24.0 Å². The number of carbonyl (C=O) groups is 1. The third-order valence-corrected chi connectivity index (χ3v) is 4.44. The molecule has 0 aliphatic carbocycles. The van der Waals surface area contributed by atoms with Crippen molar-refractivity contribution < 1.29 is 14.6 Å². The van der Waals surface area contributed by atoms with E-state index in [1.54, 1.807) is 0 Å². The van der Waals surface area contributed by atoms with Crippen LogP contribution in [-0.4, -0.2) is 52.4 Å². The molecule has 0 aliphatic rings. The highest BCUT2D eigenvalue weighted by molar-refractivity contribution is 8.22. The van der Waals surface area contributed by atoms with Crippen LogP contribution in [0.5, 0.6) is 0 Å². The highest BCUT2D eigenvalue weighted by Crippen LogP contribution is 2.25. The number of hydrogen-bond acceptors (Lipinski definition) is 5. The fourth-order valence-corrected chi connectivity index (χ4v) is 2.69. The minimum Gasteiger partial charge on any atom is -0.463 e. The number of ether oxygens (including phenoxy) is 1.